The van der Waals surface area contributed by atoms with Gasteiger partial charge in [0.25, 0.3) is 11.8 Å². The van der Waals surface area contributed by atoms with E-state index in [1.54, 1.807) is 29.9 Å². The van der Waals surface area contributed by atoms with E-state index in [2.05, 4.69) is 20.7 Å². The molecule has 0 spiro atoms. The summed E-state index contributed by atoms with van der Waals surface area (Å²) < 4.78 is 48.0. The van der Waals surface area contributed by atoms with Crippen LogP contribution in [-0.2, 0) is 18.0 Å². The van der Waals surface area contributed by atoms with Crippen LogP contribution in [0, 0.1) is 0 Å². The fourth-order valence-electron chi connectivity index (χ4n) is 3.70. The molecule has 0 radical (unpaired) electrons. The van der Waals surface area contributed by atoms with Crippen molar-refractivity contribution in [3.63, 3.8) is 0 Å². The lowest BCUT2D eigenvalue weighted by Gasteiger charge is -2.13. The van der Waals surface area contributed by atoms with Gasteiger partial charge in [0.1, 0.15) is 5.56 Å². The first kappa shape index (κ1) is 24.5. The number of aryl methyl sites for hydroxylation is 1. The quantitative estimate of drug-likeness (QED) is 0.322. The molecule has 4 aromatic rings. The van der Waals surface area contributed by atoms with Gasteiger partial charge >= 0.3 is 12.1 Å². The number of ether oxygens (including phenoxy) is 1. The summed E-state index contributed by atoms with van der Waals surface area (Å²) in [6, 6.07) is 12.3. The molecule has 0 aliphatic carbocycles. The number of nitrogens with zero attached hydrogens (tertiary/aromatic N) is 3. The van der Waals surface area contributed by atoms with Crippen molar-refractivity contribution in [3.05, 3.63) is 83.3 Å². The standard InChI is InChI=1S/C24H20F3N5O4/c1-3-36-23(35)17-12-28-32(20(17)24(25,26)27)15-10-8-14(9-11-15)21(33)29-30-22(34)18-13-31(2)19-7-5-4-6-16(18)19/h4-13H,3H2,1-2H3,(H,29,33)(H,30,34). The minimum Gasteiger partial charge on any atom is -0.462 e. The van der Waals surface area contributed by atoms with Crippen LogP contribution in [-0.4, -0.2) is 38.7 Å². The summed E-state index contributed by atoms with van der Waals surface area (Å²) in [6.45, 7) is 1.38. The Morgan fingerprint density at radius 3 is 2.31 bits per heavy atom. The number of rotatable bonds is 5. The molecule has 4 rings (SSSR count). The highest BCUT2D eigenvalue weighted by Crippen LogP contribution is 2.34. The van der Waals surface area contributed by atoms with Gasteiger partial charge in [0.2, 0.25) is 0 Å². The van der Waals surface area contributed by atoms with Crippen molar-refractivity contribution in [2.45, 2.75) is 13.1 Å². The van der Waals surface area contributed by atoms with Gasteiger partial charge < -0.3 is 9.30 Å². The summed E-state index contributed by atoms with van der Waals surface area (Å²) in [4.78, 5) is 37.0. The van der Waals surface area contributed by atoms with Crippen molar-refractivity contribution < 1.29 is 32.3 Å². The minimum absolute atomic E-state index is 0.0331. The third-order valence-corrected chi connectivity index (χ3v) is 5.34. The Kier molecular flexibility index (Phi) is 6.51. The van der Waals surface area contributed by atoms with E-state index in [1.165, 1.54) is 31.2 Å². The lowest BCUT2D eigenvalue weighted by Crippen LogP contribution is -2.41. The van der Waals surface area contributed by atoms with Crippen molar-refractivity contribution >= 4 is 28.7 Å². The normalized spacial score (nSPS) is 11.4. The Morgan fingerprint density at radius 1 is 0.972 bits per heavy atom. The van der Waals surface area contributed by atoms with E-state index < -0.39 is 35.2 Å². The number of hydrogen-bond acceptors (Lipinski definition) is 5. The van der Waals surface area contributed by atoms with Gasteiger partial charge in [-0.3, -0.25) is 20.4 Å². The number of esters is 1. The smallest absolute Gasteiger partial charge is 0.434 e. The average molecular weight is 499 g/mol. The van der Waals surface area contributed by atoms with Gasteiger partial charge in [-0.05, 0) is 37.3 Å². The van der Waals surface area contributed by atoms with Crippen molar-refractivity contribution in [3.8, 4) is 5.69 Å². The molecule has 36 heavy (non-hydrogen) atoms. The Balaban J connectivity index is 1.50. The number of fused-ring (bicyclic) bond motifs is 1. The van der Waals surface area contributed by atoms with Crippen LogP contribution in [0.3, 0.4) is 0 Å². The average Bonchev–Trinajstić information content (AvgIpc) is 3.45. The van der Waals surface area contributed by atoms with Crippen molar-refractivity contribution in [1.82, 2.24) is 25.2 Å². The zero-order chi connectivity index (χ0) is 26.0. The molecule has 0 saturated carbocycles. The van der Waals surface area contributed by atoms with Crippen LogP contribution >= 0.6 is 0 Å². The Bertz CT molecular complexity index is 1450. The summed E-state index contributed by atoms with van der Waals surface area (Å²) >= 11 is 0. The van der Waals surface area contributed by atoms with Gasteiger partial charge in [0.15, 0.2) is 5.69 Å². The summed E-state index contributed by atoms with van der Waals surface area (Å²) in [5, 5.41) is 4.39. The molecule has 0 aliphatic heterocycles. The van der Waals surface area contributed by atoms with E-state index >= 15 is 0 Å². The fraction of sp³-hybridized carbons (Fsp3) is 0.167. The molecule has 2 heterocycles. The highest BCUT2D eigenvalue weighted by Gasteiger charge is 2.41. The van der Waals surface area contributed by atoms with Gasteiger partial charge in [0, 0.05) is 29.7 Å². The minimum atomic E-state index is -4.89. The van der Waals surface area contributed by atoms with E-state index in [1.807, 2.05) is 12.1 Å². The maximum absolute atomic E-state index is 13.7. The predicted octanol–water partition coefficient (Wildman–Crippen LogP) is 3.63. The first-order valence-electron chi connectivity index (χ1n) is 10.7. The highest BCUT2D eigenvalue weighted by atomic mass is 19.4. The fourth-order valence-corrected chi connectivity index (χ4v) is 3.70. The number of nitrogens with one attached hydrogen (secondary N) is 2. The molecule has 2 aromatic carbocycles. The van der Waals surface area contributed by atoms with Gasteiger partial charge in [-0.1, -0.05) is 18.2 Å². The number of carbonyl (C=O) groups is 3. The number of para-hydroxylation sites is 1. The predicted molar refractivity (Wildman–Crippen MR) is 122 cm³/mol. The molecule has 0 fully saturated rings. The monoisotopic (exact) mass is 499 g/mol. The van der Waals surface area contributed by atoms with Crippen molar-refractivity contribution in [2.75, 3.05) is 6.61 Å². The maximum atomic E-state index is 13.7. The molecule has 0 bridgehead atoms. The van der Waals surface area contributed by atoms with Gasteiger partial charge in [0.05, 0.1) is 24.1 Å². The third kappa shape index (κ3) is 4.65. The van der Waals surface area contributed by atoms with Crippen LogP contribution < -0.4 is 10.9 Å². The van der Waals surface area contributed by atoms with Crippen LogP contribution in [0.25, 0.3) is 16.6 Å². The van der Waals surface area contributed by atoms with Crippen molar-refractivity contribution in [2.24, 2.45) is 7.05 Å². The number of aromatic nitrogens is 3. The van der Waals surface area contributed by atoms with Crippen LogP contribution in [0.4, 0.5) is 13.2 Å². The van der Waals surface area contributed by atoms with Crippen LogP contribution in [0.15, 0.2) is 60.9 Å². The first-order valence-corrected chi connectivity index (χ1v) is 10.7. The van der Waals surface area contributed by atoms with E-state index in [0.717, 1.165) is 11.7 Å². The highest BCUT2D eigenvalue weighted by molar-refractivity contribution is 6.08. The molecule has 2 aromatic heterocycles. The van der Waals surface area contributed by atoms with E-state index in [0.29, 0.717) is 15.6 Å². The summed E-state index contributed by atoms with van der Waals surface area (Å²) in [5.41, 5.74) is 3.85. The van der Waals surface area contributed by atoms with E-state index in [-0.39, 0.29) is 17.9 Å². The van der Waals surface area contributed by atoms with Gasteiger partial charge in [-0.25, -0.2) is 9.48 Å². The summed E-state index contributed by atoms with van der Waals surface area (Å²) in [7, 11) is 1.79. The largest absolute Gasteiger partial charge is 0.462 e. The number of hydrogen-bond donors (Lipinski definition) is 2. The SMILES string of the molecule is CCOC(=O)c1cnn(-c2ccc(C(=O)NNC(=O)c3cn(C)c4ccccc34)cc2)c1C(F)(F)F. The number of halogens is 3. The zero-order valence-corrected chi connectivity index (χ0v) is 19.1. The van der Waals surface area contributed by atoms with E-state index in [4.69, 9.17) is 0 Å². The van der Waals surface area contributed by atoms with Gasteiger partial charge in [-0.2, -0.15) is 18.3 Å². The maximum Gasteiger partial charge on any atom is 0.434 e. The van der Waals surface area contributed by atoms with Crippen LogP contribution in [0.5, 0.6) is 0 Å². The first-order chi connectivity index (χ1) is 17.1. The Morgan fingerprint density at radius 2 is 1.64 bits per heavy atom. The molecule has 2 N–H and O–H groups in total. The Labute approximate surface area is 202 Å². The van der Waals surface area contributed by atoms with Crippen LogP contribution in [0.2, 0.25) is 0 Å². The topological polar surface area (TPSA) is 107 Å². The molecule has 186 valence electrons. The molecular formula is C24H20F3N5O4. The number of carbonyl (C=O) groups excluding carboxylic acids is 3. The number of alkyl halides is 3. The molecule has 0 unspecified atom stereocenters. The lowest BCUT2D eigenvalue weighted by molar-refractivity contribution is -0.143. The number of hydrazine groups is 1. The Hall–Kier alpha value is -4.61. The molecule has 9 nitrogen and oxygen atoms in total. The second-order valence-electron chi connectivity index (χ2n) is 7.66. The molecule has 0 atom stereocenters. The molecule has 12 heteroatoms. The van der Waals surface area contributed by atoms with Crippen molar-refractivity contribution in [1.29, 1.82) is 0 Å². The molecule has 2 amide bonds. The summed E-state index contributed by atoms with van der Waals surface area (Å²) in [6.07, 6.45) is -2.47. The third-order valence-electron chi connectivity index (χ3n) is 5.34. The summed E-state index contributed by atoms with van der Waals surface area (Å²) in [5.74, 6) is -2.36. The number of benzene rings is 2. The second kappa shape index (κ2) is 9.56. The van der Waals surface area contributed by atoms with E-state index in [9.17, 15) is 27.6 Å². The lowest BCUT2D eigenvalue weighted by atomic mass is 10.1. The second-order valence-corrected chi connectivity index (χ2v) is 7.66. The van der Waals surface area contributed by atoms with Crippen LogP contribution in [0.1, 0.15) is 43.7 Å². The number of amides is 2. The molecule has 0 aliphatic rings. The zero-order valence-electron chi connectivity index (χ0n) is 19.1. The molecular weight excluding hydrogens is 479 g/mol. The van der Waals surface area contributed by atoms with Gasteiger partial charge in [-0.15, -0.1) is 0 Å². The molecule has 0 saturated heterocycles.